The second-order valence-electron chi connectivity index (χ2n) is 3.40. The van der Waals surface area contributed by atoms with Crippen LogP contribution in [0.1, 0.15) is 13.8 Å². The fourth-order valence-electron chi connectivity index (χ4n) is 0.961. The van der Waals surface area contributed by atoms with Crippen LogP contribution in [-0.4, -0.2) is 38.6 Å². The van der Waals surface area contributed by atoms with Crippen molar-refractivity contribution < 1.29 is 14.2 Å². The van der Waals surface area contributed by atoms with Crippen LogP contribution in [0.15, 0.2) is 25.3 Å². The summed E-state index contributed by atoms with van der Waals surface area (Å²) in [5.41, 5.74) is 0. The van der Waals surface area contributed by atoms with Gasteiger partial charge < -0.3 is 14.2 Å². The Hall–Kier alpha value is -0.640. The maximum absolute atomic E-state index is 5.43. The van der Waals surface area contributed by atoms with Gasteiger partial charge in [-0.15, -0.1) is 13.2 Å². The summed E-state index contributed by atoms with van der Waals surface area (Å²) in [5.74, 6) is 0. The maximum Gasteiger partial charge on any atom is 0.0784 e. The molecule has 0 N–H and O–H groups in total. The highest BCUT2D eigenvalue weighted by atomic mass is 16.6. The summed E-state index contributed by atoms with van der Waals surface area (Å²) in [6, 6.07) is 0. The molecule has 0 saturated carbocycles. The Labute approximate surface area is 92.7 Å². The fourth-order valence-corrected chi connectivity index (χ4v) is 0.961. The Morgan fingerprint density at radius 2 is 1.33 bits per heavy atom. The van der Waals surface area contributed by atoms with Gasteiger partial charge in [0.15, 0.2) is 0 Å². The Balaban J connectivity index is 3.34. The lowest BCUT2D eigenvalue weighted by molar-refractivity contribution is -0.0368. The average molecular weight is 214 g/mol. The summed E-state index contributed by atoms with van der Waals surface area (Å²) in [6.07, 6.45) is 3.64. The van der Waals surface area contributed by atoms with Crippen molar-refractivity contribution in [3.63, 3.8) is 0 Å². The summed E-state index contributed by atoms with van der Waals surface area (Å²) in [5, 5.41) is 0. The van der Waals surface area contributed by atoms with Crippen molar-refractivity contribution >= 4 is 0 Å². The SMILES string of the molecule is C=CCOC(C)COCC(C)OCC=C. The van der Waals surface area contributed by atoms with Crippen LogP contribution in [0.2, 0.25) is 0 Å². The molecule has 0 aliphatic carbocycles. The predicted octanol–water partition coefficient (Wildman–Crippen LogP) is 2.19. The maximum atomic E-state index is 5.43. The normalized spacial score (nSPS) is 14.5. The zero-order valence-corrected chi connectivity index (χ0v) is 9.78. The first kappa shape index (κ1) is 14.4. The van der Waals surface area contributed by atoms with Gasteiger partial charge in [0.2, 0.25) is 0 Å². The molecule has 0 saturated heterocycles. The van der Waals surface area contributed by atoms with Gasteiger partial charge in [0, 0.05) is 0 Å². The first-order valence-electron chi connectivity index (χ1n) is 5.23. The van der Waals surface area contributed by atoms with Crippen molar-refractivity contribution in [2.45, 2.75) is 26.1 Å². The summed E-state index contributed by atoms with van der Waals surface area (Å²) < 4.78 is 16.1. The Morgan fingerprint density at radius 3 is 1.67 bits per heavy atom. The quantitative estimate of drug-likeness (QED) is 0.522. The minimum absolute atomic E-state index is 0.0922. The molecular formula is C12H22O3. The van der Waals surface area contributed by atoms with Crippen LogP contribution in [-0.2, 0) is 14.2 Å². The highest BCUT2D eigenvalue weighted by Gasteiger charge is 2.04. The summed E-state index contributed by atoms with van der Waals surface area (Å²) in [4.78, 5) is 0. The van der Waals surface area contributed by atoms with E-state index in [1.165, 1.54) is 0 Å². The van der Waals surface area contributed by atoms with Crippen LogP contribution in [0.25, 0.3) is 0 Å². The first-order valence-corrected chi connectivity index (χ1v) is 5.23. The van der Waals surface area contributed by atoms with E-state index in [2.05, 4.69) is 13.2 Å². The lowest BCUT2D eigenvalue weighted by Crippen LogP contribution is -2.22. The van der Waals surface area contributed by atoms with Crippen LogP contribution < -0.4 is 0 Å². The second-order valence-corrected chi connectivity index (χ2v) is 3.40. The van der Waals surface area contributed by atoms with Crippen molar-refractivity contribution in [3.8, 4) is 0 Å². The van der Waals surface area contributed by atoms with Gasteiger partial charge in [0.05, 0.1) is 38.6 Å². The van der Waals surface area contributed by atoms with Gasteiger partial charge in [-0.05, 0) is 13.8 Å². The van der Waals surface area contributed by atoms with Gasteiger partial charge >= 0.3 is 0 Å². The smallest absolute Gasteiger partial charge is 0.0784 e. The molecule has 0 radical (unpaired) electrons. The lowest BCUT2D eigenvalue weighted by atomic mass is 10.4. The molecule has 88 valence electrons. The molecule has 0 amide bonds. The van der Waals surface area contributed by atoms with Gasteiger partial charge in [-0.25, -0.2) is 0 Å². The van der Waals surface area contributed by atoms with E-state index < -0.39 is 0 Å². The molecule has 3 heteroatoms. The van der Waals surface area contributed by atoms with Crippen LogP contribution in [0.4, 0.5) is 0 Å². The molecule has 0 aliphatic rings. The largest absolute Gasteiger partial charge is 0.376 e. The molecule has 0 rings (SSSR count). The zero-order valence-electron chi connectivity index (χ0n) is 9.78. The number of ether oxygens (including phenoxy) is 3. The van der Waals surface area contributed by atoms with Crippen LogP contribution >= 0.6 is 0 Å². The van der Waals surface area contributed by atoms with Crippen molar-refractivity contribution in [2.24, 2.45) is 0 Å². The van der Waals surface area contributed by atoms with Crippen molar-refractivity contribution in [1.82, 2.24) is 0 Å². The monoisotopic (exact) mass is 214 g/mol. The van der Waals surface area contributed by atoms with E-state index in [0.717, 1.165) is 0 Å². The average Bonchev–Trinajstić information content (AvgIpc) is 2.23. The Kier molecular flexibility index (Phi) is 9.48. The van der Waals surface area contributed by atoms with E-state index in [4.69, 9.17) is 14.2 Å². The fraction of sp³-hybridized carbons (Fsp3) is 0.667. The second kappa shape index (κ2) is 9.90. The predicted molar refractivity (Wildman–Crippen MR) is 62.0 cm³/mol. The van der Waals surface area contributed by atoms with Gasteiger partial charge in [-0.1, -0.05) is 12.2 Å². The molecule has 15 heavy (non-hydrogen) atoms. The third-order valence-electron chi connectivity index (χ3n) is 1.70. The molecule has 0 fully saturated rings. The highest BCUT2D eigenvalue weighted by molar-refractivity contribution is 4.66. The first-order chi connectivity index (χ1) is 7.20. The van der Waals surface area contributed by atoms with E-state index >= 15 is 0 Å². The molecule has 0 aliphatic heterocycles. The molecule has 0 spiro atoms. The van der Waals surface area contributed by atoms with E-state index in [1.807, 2.05) is 13.8 Å². The molecule has 0 aromatic rings. The zero-order chi connectivity index (χ0) is 11.5. The summed E-state index contributed by atoms with van der Waals surface area (Å²) in [6.45, 7) is 13.4. The summed E-state index contributed by atoms with van der Waals surface area (Å²) in [7, 11) is 0. The molecule has 0 aromatic carbocycles. The molecule has 2 atom stereocenters. The Morgan fingerprint density at radius 1 is 0.933 bits per heavy atom. The standard InChI is InChI=1S/C12H22O3/c1-5-7-14-11(3)9-13-10-12(4)15-8-6-2/h5-6,11-12H,1-2,7-10H2,3-4H3. The van der Waals surface area contributed by atoms with Crippen LogP contribution in [0.5, 0.6) is 0 Å². The third-order valence-corrected chi connectivity index (χ3v) is 1.70. The van der Waals surface area contributed by atoms with E-state index in [-0.39, 0.29) is 12.2 Å². The topological polar surface area (TPSA) is 27.7 Å². The van der Waals surface area contributed by atoms with Gasteiger partial charge in [-0.2, -0.15) is 0 Å². The van der Waals surface area contributed by atoms with Crippen LogP contribution in [0, 0.1) is 0 Å². The Bertz CT molecular complexity index is 150. The molecular weight excluding hydrogens is 192 g/mol. The molecule has 0 bridgehead atoms. The van der Waals surface area contributed by atoms with Gasteiger partial charge in [0.1, 0.15) is 0 Å². The lowest BCUT2D eigenvalue weighted by Gasteiger charge is -2.15. The third kappa shape index (κ3) is 9.66. The van der Waals surface area contributed by atoms with Crippen LogP contribution in [0.3, 0.4) is 0 Å². The van der Waals surface area contributed by atoms with E-state index in [9.17, 15) is 0 Å². The van der Waals surface area contributed by atoms with Crippen molar-refractivity contribution in [3.05, 3.63) is 25.3 Å². The summed E-state index contributed by atoms with van der Waals surface area (Å²) >= 11 is 0. The van der Waals surface area contributed by atoms with Gasteiger partial charge in [0.25, 0.3) is 0 Å². The van der Waals surface area contributed by atoms with E-state index in [1.54, 1.807) is 12.2 Å². The number of hydrogen-bond acceptors (Lipinski definition) is 3. The number of hydrogen-bond donors (Lipinski definition) is 0. The number of rotatable bonds is 10. The van der Waals surface area contributed by atoms with Gasteiger partial charge in [-0.3, -0.25) is 0 Å². The minimum Gasteiger partial charge on any atom is -0.376 e. The molecule has 2 unspecified atom stereocenters. The van der Waals surface area contributed by atoms with E-state index in [0.29, 0.717) is 26.4 Å². The molecule has 0 aromatic heterocycles. The van der Waals surface area contributed by atoms with Crippen molar-refractivity contribution in [2.75, 3.05) is 26.4 Å². The molecule has 0 heterocycles. The molecule has 3 nitrogen and oxygen atoms in total. The minimum atomic E-state index is 0.0922. The highest BCUT2D eigenvalue weighted by Crippen LogP contribution is 1.96. The van der Waals surface area contributed by atoms with Crippen molar-refractivity contribution in [1.29, 1.82) is 0 Å².